The van der Waals surface area contributed by atoms with Crippen molar-refractivity contribution in [2.45, 2.75) is 278 Å². The van der Waals surface area contributed by atoms with Gasteiger partial charge in [-0.25, -0.2) is 9.78 Å². The van der Waals surface area contributed by atoms with Crippen molar-refractivity contribution in [2.24, 2.45) is 34.5 Å². The Kier molecular flexibility index (Phi) is 42.2. The minimum atomic E-state index is -2.49. The Morgan fingerprint density at radius 3 is 1.79 bits per heavy atom. The molecule has 12 atom stereocenters. The van der Waals surface area contributed by atoms with E-state index in [9.17, 15) is 93.3 Å². The average molecular weight is 2050 g/mol. The van der Waals surface area contributed by atoms with Crippen LogP contribution in [0.4, 0.5) is 0 Å². The normalized spacial score (nSPS) is 25.7. The number of ether oxygens (including phenoxy) is 1. The Labute approximate surface area is 837 Å². The number of amides is 3. The van der Waals surface area contributed by atoms with Crippen molar-refractivity contribution in [2.75, 3.05) is 20.7 Å². The third kappa shape index (κ3) is 33.8. The highest BCUT2D eigenvalue weighted by atomic mass is 79.9. The number of H-pyrrole nitrogens is 3. The first kappa shape index (κ1) is 112. The van der Waals surface area contributed by atoms with Crippen molar-refractivity contribution in [3.8, 4) is 28.4 Å². The number of hydrogen-bond donors (Lipinski definition) is 12. The molecule has 12 N–H and O–H groups in total. The van der Waals surface area contributed by atoms with Gasteiger partial charge in [0, 0.05) is 136 Å². The molecule has 0 bridgehead atoms. The van der Waals surface area contributed by atoms with Gasteiger partial charge in [0.15, 0.2) is 40.8 Å². The van der Waals surface area contributed by atoms with Crippen LogP contribution in [0.2, 0.25) is 0 Å². The summed E-state index contributed by atoms with van der Waals surface area (Å²) in [6.07, 6.45) is 21.6. The number of unbranched alkanes of at least 4 members (excludes halogenated alkanes) is 2. The van der Waals surface area contributed by atoms with Gasteiger partial charge in [-0.1, -0.05) is 194 Å². The van der Waals surface area contributed by atoms with Crippen LogP contribution in [0.25, 0.3) is 56.1 Å². The Hall–Kier alpha value is -11.2. The third-order valence-electron chi connectivity index (χ3n) is 26.7. The van der Waals surface area contributed by atoms with Crippen LogP contribution in [0.3, 0.4) is 0 Å². The minimum Gasteiger partial charge on any atom is -0.497 e. The third-order valence-corrected chi connectivity index (χ3v) is 27.6. The molecule has 752 valence electrons. The summed E-state index contributed by atoms with van der Waals surface area (Å²) in [5, 5.41) is 84.6. The van der Waals surface area contributed by atoms with Gasteiger partial charge in [-0.05, 0) is 211 Å². The fraction of sp³-hybridized carbons (Fsp3) is 0.468. The molecule has 1 saturated heterocycles. The molecular formula is C111H139Br2N7O20. The summed E-state index contributed by atoms with van der Waals surface area (Å²) in [5.74, 6) is -6.55. The molecule has 4 aliphatic carbocycles. The minimum absolute atomic E-state index is 0.0426. The number of carbonyl (C=O) groups excluding carboxylic acids is 11. The molecule has 2 fully saturated rings. The zero-order valence-corrected chi connectivity index (χ0v) is 85.9. The van der Waals surface area contributed by atoms with Gasteiger partial charge in [-0.3, -0.25) is 52.7 Å². The first-order valence-corrected chi connectivity index (χ1v) is 49.9. The van der Waals surface area contributed by atoms with Gasteiger partial charge in [0.05, 0.1) is 62.7 Å². The van der Waals surface area contributed by atoms with Crippen LogP contribution in [-0.4, -0.2) is 199 Å². The van der Waals surface area contributed by atoms with Crippen molar-refractivity contribution in [1.82, 2.24) is 35.5 Å². The molecule has 0 radical (unpaired) electrons. The van der Waals surface area contributed by atoms with E-state index in [-0.39, 0.29) is 89.9 Å². The number of halogens is 2. The van der Waals surface area contributed by atoms with E-state index < -0.39 is 139 Å². The molecule has 5 aliphatic rings. The number of allylic oxidation sites excluding steroid dienone is 14. The number of aliphatic hydroxyl groups is 6. The number of benzene rings is 4. The lowest BCUT2D eigenvalue weighted by Crippen LogP contribution is -2.63. The van der Waals surface area contributed by atoms with Crippen LogP contribution < -0.4 is 15.4 Å². The number of carbonyl (C=O) groups is 12. The SMILES string of the molecule is Brc1ccc2c(-c3cnc(-c4c[nH]c5cc(Br)ccc45)[nH]3)c[nH]c2c1.C/C1=C/C(=O)C/C(C)=C/CC(C)(C)/C=C/C(=O)[C@@H](C)CCC1.C/C1=C/C(=O)C/C(C)=C/CC(C)(C)/C=C/C(=O)[C@@H](C)CCC1.COc1ccc(/C=C/CCCCC(C)[C@H](O)[C@@H](O)C2NC(=O)C[C@@H](O)CCC(=O)CCC(=O)[C@@H](CC3=C(C(=O)O)Cc4ccccc43)CC(=O)CN(C)C(=O)C[C@@]3(O)CC(=O)[C@H](O)C3NC(=O)[C@H]2O)cc1. The number of aromatic amines is 3. The molecular weight excluding hydrogens is 1910 g/mol. The standard InChI is InChI=1S/C52H67N3O16.2C20H30O2.C19H12Br2N4/c1-29(10-6-4-5-7-11-30-14-19-36(71-3)20-15-30)45(63)47(65)44-48(66)50(67)54-49-46(64)41(60)26-52(49,70)27-43(62)55(2)28-35(58)22-32(24-38-37-13-9-8-12-31(37)23-39(38)51(68)69)40(59)21-18-33(56)16-17-34(57)25-42(61)53-44;2*1-15-7-6-8-17(3)19(22)10-12-20(4,5)11-9-16(2)14-18(21)13-15;20-10-1-3-12-14(7-22-16(12)5-10)18-9-24-19(25-18)15-8-23-17-6-11(21)2-4-13(15)17/h7-9,11-15,19-20,29,32,34,44-49,57,63-66,70H,4-6,10,16-18,21-28H2,1-3H3,(H,53,61)(H,54,67)(H,68,69);2*9-10,12-13,17H,6-8,11,14H2,1-5H3;1-9,22-23H,(H,24,25)/b11-7+;2*12-10+,15-13-,16-9+;/t29?,32-,34+,44?,45+,46+,47+,48+,49?,52+;2*17-;/m100./s1. The van der Waals surface area contributed by atoms with Gasteiger partial charge < -0.3 is 71.0 Å². The smallest absolute Gasteiger partial charge is 0.332 e. The van der Waals surface area contributed by atoms with Gasteiger partial charge in [0.1, 0.15) is 40.9 Å². The number of fused-ring (bicyclic) bond motifs is 4. The Bertz CT molecular complexity index is 5690. The molecule has 0 spiro atoms. The van der Waals surface area contributed by atoms with Crippen molar-refractivity contribution in [3.05, 3.63) is 212 Å². The lowest BCUT2D eigenvalue weighted by Gasteiger charge is -2.35. The van der Waals surface area contributed by atoms with Gasteiger partial charge in [0.25, 0.3) is 5.91 Å². The number of carboxylic acids is 1. The number of aromatic nitrogens is 4. The monoisotopic (exact) mass is 2050 g/mol. The zero-order chi connectivity index (χ0) is 103. The molecule has 27 nitrogen and oxygen atoms in total. The molecule has 12 rings (SSSR count). The highest BCUT2D eigenvalue weighted by Gasteiger charge is 2.55. The summed E-state index contributed by atoms with van der Waals surface area (Å²) in [6.45, 7) is 21.5. The molecule has 3 aromatic heterocycles. The molecule has 29 heteroatoms. The number of ketones is 8. The first-order valence-electron chi connectivity index (χ1n) is 48.4. The van der Waals surface area contributed by atoms with Crippen molar-refractivity contribution >= 4 is 135 Å². The van der Waals surface area contributed by atoms with Gasteiger partial charge >= 0.3 is 5.97 Å². The molecule has 1 aliphatic heterocycles. The topological polar surface area (TPSA) is 443 Å². The van der Waals surface area contributed by atoms with Crippen LogP contribution in [0.1, 0.15) is 241 Å². The van der Waals surface area contributed by atoms with Crippen molar-refractivity contribution < 1.29 is 98.0 Å². The lowest BCUT2D eigenvalue weighted by molar-refractivity contribution is -0.145. The predicted molar refractivity (Wildman–Crippen MR) is 550 cm³/mol. The van der Waals surface area contributed by atoms with Gasteiger partial charge in [-0.15, -0.1) is 0 Å². The zero-order valence-electron chi connectivity index (χ0n) is 82.7. The number of hydrogen-bond acceptors (Lipinski definition) is 20. The lowest BCUT2D eigenvalue weighted by atomic mass is 9.85. The number of methoxy groups -OCH3 is 1. The molecule has 7 aromatic rings. The second-order valence-corrected chi connectivity index (χ2v) is 41.8. The molecule has 3 unspecified atom stereocenters. The number of likely N-dealkylation sites (N-methyl/N-ethyl adjacent to an activating group) is 1. The maximum Gasteiger partial charge on any atom is 0.332 e. The fourth-order valence-electron chi connectivity index (χ4n) is 17.8. The summed E-state index contributed by atoms with van der Waals surface area (Å²) < 4.78 is 7.29. The summed E-state index contributed by atoms with van der Waals surface area (Å²) >= 11 is 7.02. The van der Waals surface area contributed by atoms with Crippen LogP contribution in [0, 0.1) is 34.5 Å². The second kappa shape index (κ2) is 52.6. The van der Waals surface area contributed by atoms with Crippen LogP contribution in [-0.2, 0) is 64.0 Å². The largest absolute Gasteiger partial charge is 0.497 e. The Morgan fingerprint density at radius 2 is 1.21 bits per heavy atom. The van der Waals surface area contributed by atoms with E-state index in [4.69, 9.17) is 4.74 Å². The fourth-order valence-corrected chi connectivity index (χ4v) is 18.5. The number of imidazole rings is 1. The summed E-state index contributed by atoms with van der Waals surface area (Å²) in [7, 11) is 2.79. The van der Waals surface area contributed by atoms with Gasteiger partial charge in [0.2, 0.25) is 11.8 Å². The number of nitrogens with zero attached hydrogens (tertiary/aromatic N) is 2. The number of aliphatic carboxylic acids is 1. The van der Waals surface area contributed by atoms with E-state index in [0.29, 0.717) is 55.2 Å². The summed E-state index contributed by atoms with van der Waals surface area (Å²) in [4.78, 5) is 171. The second-order valence-electron chi connectivity index (χ2n) is 39.9. The maximum absolute atomic E-state index is 13.9. The Morgan fingerprint density at radius 1 is 0.643 bits per heavy atom. The number of aliphatic hydroxyl groups excluding tert-OH is 5. The van der Waals surface area contributed by atoms with Crippen LogP contribution >= 0.6 is 31.9 Å². The highest BCUT2D eigenvalue weighted by Crippen LogP contribution is 2.41. The highest BCUT2D eigenvalue weighted by molar-refractivity contribution is 9.10. The number of nitrogens with one attached hydrogen (secondary N) is 5. The van der Waals surface area contributed by atoms with Gasteiger partial charge in [-0.2, -0.15) is 0 Å². The van der Waals surface area contributed by atoms with E-state index >= 15 is 0 Å². The summed E-state index contributed by atoms with van der Waals surface area (Å²) in [5.41, 5.74) is 9.84. The predicted octanol–water partition coefficient (Wildman–Crippen LogP) is 18.0. The van der Waals surface area contributed by atoms with Crippen LogP contribution in [0.15, 0.2) is 195 Å². The Balaban J connectivity index is 0.000000253. The van der Waals surface area contributed by atoms with Crippen molar-refractivity contribution in [3.63, 3.8) is 0 Å². The van der Waals surface area contributed by atoms with E-state index in [0.717, 1.165) is 138 Å². The van der Waals surface area contributed by atoms with E-state index in [1.807, 2.05) is 115 Å². The quantitative estimate of drug-likeness (QED) is 0.0335. The van der Waals surface area contributed by atoms with E-state index in [1.54, 1.807) is 62.6 Å². The van der Waals surface area contributed by atoms with E-state index in [2.05, 4.69) is 133 Å². The van der Waals surface area contributed by atoms with Crippen LogP contribution in [0.5, 0.6) is 5.75 Å². The van der Waals surface area contributed by atoms with E-state index in [1.165, 1.54) is 12.4 Å². The summed E-state index contributed by atoms with van der Waals surface area (Å²) in [6, 6.07) is 22.9. The molecule has 4 aromatic carbocycles. The number of Topliss-reactive ketones (excluding diaryl/α,β-unsaturated/α-hetero) is 4. The molecule has 1 saturated carbocycles. The molecule has 140 heavy (non-hydrogen) atoms. The maximum atomic E-state index is 13.9. The first-order chi connectivity index (χ1) is 66.2. The van der Waals surface area contributed by atoms with Crippen molar-refractivity contribution in [1.29, 1.82) is 0 Å². The number of carboxylic acid groups (broad SMARTS) is 1. The average Bonchev–Trinajstić information content (AvgIpc) is 1.63. The molecule has 3 amide bonds. The molecule has 4 heterocycles. The number of rotatable bonds is 15.